The van der Waals surface area contributed by atoms with Crippen LogP contribution in [0.5, 0.6) is 0 Å². The molecule has 0 unspecified atom stereocenters. The average molecular weight is 287 g/mol. The Morgan fingerprint density at radius 3 is 2.94 bits per heavy atom. The lowest BCUT2D eigenvalue weighted by atomic mass is 10.3. The molecule has 0 atom stereocenters. The lowest BCUT2D eigenvalue weighted by Gasteiger charge is -2.07. The number of halogens is 1. The number of carbonyl (C=O) groups is 1. The first-order chi connectivity index (χ1) is 7.63. The number of hydrogen-bond donors (Lipinski definition) is 2. The number of nitrogen functional groups attached to an aromatic ring is 1. The van der Waals surface area contributed by atoms with Crippen LogP contribution in [0.25, 0.3) is 0 Å². The number of rotatable bonds is 5. The summed E-state index contributed by atoms with van der Waals surface area (Å²) >= 11 is 3.33. The summed E-state index contributed by atoms with van der Waals surface area (Å²) in [5.74, 6) is -0.0704. The maximum absolute atomic E-state index is 11.5. The van der Waals surface area contributed by atoms with Gasteiger partial charge in [0.25, 0.3) is 0 Å². The minimum atomic E-state index is -0.0704. The normalized spacial score (nSPS) is 10.1. The lowest BCUT2D eigenvalue weighted by molar-refractivity contribution is -0.117. The predicted octanol–water partition coefficient (Wildman–Crippen LogP) is 2.40. The Kier molecular flexibility index (Phi) is 5.28. The third kappa shape index (κ3) is 4.20. The number of anilines is 2. The fourth-order valence-corrected chi connectivity index (χ4v) is 1.65. The zero-order valence-corrected chi connectivity index (χ0v) is 10.7. The molecule has 0 saturated heterocycles. The van der Waals surface area contributed by atoms with Gasteiger partial charge in [0, 0.05) is 16.8 Å². The summed E-state index contributed by atoms with van der Waals surface area (Å²) in [6.45, 7) is 2.96. The minimum absolute atomic E-state index is 0.0704. The highest BCUT2D eigenvalue weighted by Gasteiger charge is 2.05. The molecule has 0 fully saturated rings. The molecule has 16 heavy (non-hydrogen) atoms. The molecule has 0 spiro atoms. The molecule has 0 heterocycles. The second kappa shape index (κ2) is 6.50. The van der Waals surface area contributed by atoms with Crippen molar-refractivity contribution >= 4 is 33.2 Å². The van der Waals surface area contributed by atoms with Crippen molar-refractivity contribution in [2.24, 2.45) is 0 Å². The van der Waals surface area contributed by atoms with Gasteiger partial charge < -0.3 is 15.8 Å². The highest BCUT2D eigenvalue weighted by molar-refractivity contribution is 9.10. The highest BCUT2D eigenvalue weighted by Crippen LogP contribution is 2.24. The Morgan fingerprint density at radius 1 is 1.56 bits per heavy atom. The molecule has 0 aliphatic heterocycles. The Bertz CT molecular complexity index is 369. The quantitative estimate of drug-likeness (QED) is 0.645. The maximum Gasteiger partial charge on any atom is 0.226 e. The summed E-state index contributed by atoms with van der Waals surface area (Å²) in [5.41, 5.74) is 6.96. The molecule has 0 saturated carbocycles. The van der Waals surface area contributed by atoms with Gasteiger partial charge >= 0.3 is 0 Å². The van der Waals surface area contributed by atoms with Crippen molar-refractivity contribution in [3.05, 3.63) is 22.7 Å². The highest BCUT2D eigenvalue weighted by atomic mass is 79.9. The molecule has 88 valence electrons. The largest absolute Gasteiger partial charge is 0.399 e. The SMILES string of the molecule is CCOCCC(=O)Nc1ccc(N)cc1Br. The van der Waals surface area contributed by atoms with E-state index in [-0.39, 0.29) is 5.91 Å². The van der Waals surface area contributed by atoms with Gasteiger partial charge in [-0.25, -0.2) is 0 Å². The number of hydrogen-bond acceptors (Lipinski definition) is 3. The molecule has 5 heteroatoms. The van der Waals surface area contributed by atoms with E-state index < -0.39 is 0 Å². The van der Waals surface area contributed by atoms with Gasteiger partial charge in [0.15, 0.2) is 0 Å². The number of ether oxygens (including phenoxy) is 1. The van der Waals surface area contributed by atoms with Crippen LogP contribution in [0.3, 0.4) is 0 Å². The number of benzene rings is 1. The van der Waals surface area contributed by atoms with Crippen LogP contribution in [0.2, 0.25) is 0 Å². The van der Waals surface area contributed by atoms with Crippen molar-refractivity contribution in [3.63, 3.8) is 0 Å². The molecule has 1 aromatic carbocycles. The van der Waals surface area contributed by atoms with Crippen LogP contribution in [0.15, 0.2) is 22.7 Å². The van der Waals surface area contributed by atoms with Gasteiger partial charge in [-0.3, -0.25) is 4.79 Å². The summed E-state index contributed by atoms with van der Waals surface area (Å²) in [7, 11) is 0. The molecule has 1 amide bonds. The van der Waals surface area contributed by atoms with E-state index in [2.05, 4.69) is 21.2 Å². The second-order valence-electron chi connectivity index (χ2n) is 3.23. The molecule has 1 aromatic rings. The smallest absolute Gasteiger partial charge is 0.226 e. The van der Waals surface area contributed by atoms with E-state index in [0.717, 1.165) is 10.2 Å². The van der Waals surface area contributed by atoms with E-state index in [1.54, 1.807) is 18.2 Å². The first-order valence-electron chi connectivity index (χ1n) is 5.06. The van der Waals surface area contributed by atoms with Gasteiger partial charge in [-0.1, -0.05) is 0 Å². The maximum atomic E-state index is 11.5. The van der Waals surface area contributed by atoms with E-state index in [9.17, 15) is 4.79 Å². The zero-order valence-electron chi connectivity index (χ0n) is 9.13. The predicted molar refractivity (Wildman–Crippen MR) is 68.3 cm³/mol. The minimum Gasteiger partial charge on any atom is -0.399 e. The fourth-order valence-electron chi connectivity index (χ4n) is 1.15. The molecular formula is C11H15BrN2O2. The topological polar surface area (TPSA) is 64.3 Å². The zero-order chi connectivity index (χ0) is 12.0. The van der Waals surface area contributed by atoms with Gasteiger partial charge in [0.2, 0.25) is 5.91 Å². The third-order valence-electron chi connectivity index (χ3n) is 1.94. The Labute approximate surface area is 103 Å². The monoisotopic (exact) mass is 286 g/mol. The molecule has 4 nitrogen and oxygen atoms in total. The summed E-state index contributed by atoms with van der Waals surface area (Å²) in [4.78, 5) is 11.5. The molecule has 0 bridgehead atoms. The van der Waals surface area contributed by atoms with Crippen LogP contribution < -0.4 is 11.1 Å². The number of carbonyl (C=O) groups excluding carboxylic acids is 1. The fraction of sp³-hybridized carbons (Fsp3) is 0.364. The lowest BCUT2D eigenvalue weighted by Crippen LogP contribution is -2.14. The van der Waals surface area contributed by atoms with Crippen LogP contribution in [-0.2, 0) is 9.53 Å². The van der Waals surface area contributed by atoms with E-state index in [1.165, 1.54) is 0 Å². The van der Waals surface area contributed by atoms with Crippen LogP contribution in [0.4, 0.5) is 11.4 Å². The molecule has 0 aliphatic carbocycles. The van der Waals surface area contributed by atoms with Crippen LogP contribution in [-0.4, -0.2) is 19.1 Å². The molecule has 0 radical (unpaired) electrons. The average Bonchev–Trinajstić information content (AvgIpc) is 2.23. The molecule has 3 N–H and O–H groups in total. The van der Waals surface area contributed by atoms with Crippen molar-refractivity contribution < 1.29 is 9.53 Å². The van der Waals surface area contributed by atoms with E-state index in [0.29, 0.717) is 25.3 Å². The van der Waals surface area contributed by atoms with Crippen molar-refractivity contribution in [2.75, 3.05) is 24.3 Å². The van der Waals surface area contributed by atoms with Crippen LogP contribution >= 0.6 is 15.9 Å². The second-order valence-corrected chi connectivity index (χ2v) is 4.09. The standard InChI is InChI=1S/C11H15BrN2O2/c1-2-16-6-5-11(15)14-10-4-3-8(13)7-9(10)12/h3-4,7H,2,5-6,13H2,1H3,(H,14,15). The number of nitrogens with one attached hydrogen (secondary N) is 1. The molecule has 0 aliphatic rings. The van der Waals surface area contributed by atoms with E-state index in [1.807, 2.05) is 6.92 Å². The summed E-state index contributed by atoms with van der Waals surface area (Å²) in [6, 6.07) is 5.25. The van der Waals surface area contributed by atoms with Crippen LogP contribution in [0.1, 0.15) is 13.3 Å². The number of amides is 1. The Morgan fingerprint density at radius 2 is 2.31 bits per heavy atom. The Balaban J connectivity index is 2.49. The van der Waals surface area contributed by atoms with Crippen molar-refractivity contribution in [3.8, 4) is 0 Å². The number of nitrogens with two attached hydrogens (primary N) is 1. The molecular weight excluding hydrogens is 272 g/mol. The molecule has 1 rings (SSSR count). The van der Waals surface area contributed by atoms with E-state index >= 15 is 0 Å². The van der Waals surface area contributed by atoms with Gasteiger partial charge in [0.1, 0.15) is 0 Å². The first-order valence-corrected chi connectivity index (χ1v) is 5.85. The van der Waals surface area contributed by atoms with Crippen LogP contribution in [0, 0.1) is 0 Å². The van der Waals surface area contributed by atoms with Gasteiger partial charge in [0.05, 0.1) is 18.7 Å². The van der Waals surface area contributed by atoms with Gasteiger partial charge in [-0.05, 0) is 41.1 Å². The van der Waals surface area contributed by atoms with Crippen molar-refractivity contribution in [2.45, 2.75) is 13.3 Å². The molecule has 0 aromatic heterocycles. The third-order valence-corrected chi connectivity index (χ3v) is 2.60. The van der Waals surface area contributed by atoms with Gasteiger partial charge in [-0.15, -0.1) is 0 Å². The van der Waals surface area contributed by atoms with Crippen molar-refractivity contribution in [1.29, 1.82) is 0 Å². The van der Waals surface area contributed by atoms with Gasteiger partial charge in [-0.2, -0.15) is 0 Å². The summed E-state index contributed by atoms with van der Waals surface area (Å²) in [5, 5.41) is 2.77. The van der Waals surface area contributed by atoms with Crippen molar-refractivity contribution in [1.82, 2.24) is 0 Å². The van der Waals surface area contributed by atoms with E-state index in [4.69, 9.17) is 10.5 Å². The first kappa shape index (κ1) is 13.0. The summed E-state index contributed by atoms with van der Waals surface area (Å²) < 4.78 is 5.87. The Hall–Kier alpha value is -1.07. The summed E-state index contributed by atoms with van der Waals surface area (Å²) in [6.07, 6.45) is 0.352.